The Bertz CT molecular complexity index is 807. The Morgan fingerprint density at radius 3 is 2.36 bits per heavy atom. The number of allylic oxidation sites excluding steroid dienone is 2. The smallest absolute Gasteiger partial charge is 0.145 e. The van der Waals surface area contributed by atoms with Crippen LogP contribution in [0.1, 0.15) is 44.6 Å². The van der Waals surface area contributed by atoms with Crippen LogP contribution in [0.5, 0.6) is 5.75 Å². The van der Waals surface area contributed by atoms with Crippen molar-refractivity contribution in [3.8, 4) is 5.75 Å². The van der Waals surface area contributed by atoms with E-state index >= 15 is 0 Å². The third kappa shape index (κ3) is 1.46. The molecule has 4 aliphatic rings. The Morgan fingerprint density at radius 1 is 0.960 bits per heavy atom. The van der Waals surface area contributed by atoms with Gasteiger partial charge in [-0.1, -0.05) is 44.1 Å². The number of fused-ring (bicyclic) bond motifs is 2. The molecular formula is C22H24O3. The molecule has 5 atom stereocenters. The molecule has 0 heterocycles. The van der Waals surface area contributed by atoms with E-state index in [1.165, 1.54) is 12.0 Å². The number of hydrogen-bond donors (Lipinski definition) is 0. The van der Waals surface area contributed by atoms with E-state index in [4.69, 9.17) is 4.74 Å². The molecule has 0 saturated heterocycles. The molecule has 0 spiro atoms. The second-order valence-corrected chi connectivity index (χ2v) is 8.58. The molecule has 3 fully saturated rings. The summed E-state index contributed by atoms with van der Waals surface area (Å²) < 4.78 is 5.33. The summed E-state index contributed by atoms with van der Waals surface area (Å²) in [6, 6.07) is 8.19. The van der Waals surface area contributed by atoms with Crippen molar-refractivity contribution in [2.45, 2.75) is 44.4 Å². The molecule has 3 saturated carbocycles. The number of Topliss-reactive ketones (excluding diaryl/α,β-unsaturated/α-hetero) is 2. The van der Waals surface area contributed by atoms with E-state index in [9.17, 15) is 9.59 Å². The van der Waals surface area contributed by atoms with Gasteiger partial charge in [0.1, 0.15) is 17.3 Å². The molecule has 25 heavy (non-hydrogen) atoms. The van der Waals surface area contributed by atoms with Gasteiger partial charge in [-0.05, 0) is 36.0 Å². The molecule has 5 rings (SSSR count). The highest BCUT2D eigenvalue weighted by Crippen LogP contribution is 2.79. The molecule has 0 unspecified atom stereocenters. The van der Waals surface area contributed by atoms with Crippen LogP contribution in [-0.4, -0.2) is 18.7 Å². The maximum absolute atomic E-state index is 13.0. The largest absolute Gasteiger partial charge is 0.497 e. The van der Waals surface area contributed by atoms with Gasteiger partial charge in [-0.15, -0.1) is 0 Å². The van der Waals surface area contributed by atoms with E-state index in [1.54, 1.807) is 7.11 Å². The standard InChI is InChI=1S/C22H24O3/c1-20-9-3-4-10-21(20)11-12-22(20,14-5-7-15(25-2)8-6-14)19-17(24)13-16(23)18(19)21/h5-8,11-12,18-19H,3-4,9-10,13H2,1-2H3/t18-,19+,20-,21-,22+/m0/s1. The van der Waals surface area contributed by atoms with Crippen LogP contribution in [0.2, 0.25) is 0 Å². The van der Waals surface area contributed by atoms with Gasteiger partial charge in [-0.25, -0.2) is 0 Å². The zero-order chi connectivity index (χ0) is 17.4. The van der Waals surface area contributed by atoms with Gasteiger partial charge in [0.05, 0.1) is 13.5 Å². The lowest BCUT2D eigenvalue weighted by molar-refractivity contribution is -0.126. The second-order valence-electron chi connectivity index (χ2n) is 8.58. The quantitative estimate of drug-likeness (QED) is 0.608. The lowest BCUT2D eigenvalue weighted by Gasteiger charge is -2.51. The molecule has 1 aromatic rings. The van der Waals surface area contributed by atoms with E-state index < -0.39 is 0 Å². The summed E-state index contributed by atoms with van der Waals surface area (Å²) in [4.78, 5) is 25.8. The molecule has 0 amide bonds. The monoisotopic (exact) mass is 336 g/mol. The minimum atomic E-state index is -0.340. The molecule has 0 radical (unpaired) electrons. The summed E-state index contributed by atoms with van der Waals surface area (Å²) in [5.74, 6) is 0.873. The van der Waals surface area contributed by atoms with Crippen molar-refractivity contribution < 1.29 is 14.3 Å². The van der Waals surface area contributed by atoms with Gasteiger partial charge in [-0.2, -0.15) is 0 Å². The van der Waals surface area contributed by atoms with Crippen molar-refractivity contribution in [1.29, 1.82) is 0 Å². The first-order chi connectivity index (χ1) is 12.0. The summed E-state index contributed by atoms with van der Waals surface area (Å²) in [6.07, 6.45) is 9.22. The van der Waals surface area contributed by atoms with Gasteiger partial charge < -0.3 is 4.74 Å². The van der Waals surface area contributed by atoms with Crippen LogP contribution >= 0.6 is 0 Å². The fraction of sp³-hybridized carbons (Fsp3) is 0.545. The number of carbonyl (C=O) groups is 2. The van der Waals surface area contributed by atoms with Crippen LogP contribution in [0.4, 0.5) is 0 Å². The minimum absolute atomic E-state index is 0.0477. The van der Waals surface area contributed by atoms with E-state index in [2.05, 4.69) is 31.2 Å². The third-order valence-electron chi connectivity index (χ3n) is 8.09. The van der Waals surface area contributed by atoms with Gasteiger partial charge in [0.25, 0.3) is 0 Å². The first-order valence-corrected chi connectivity index (χ1v) is 9.40. The Kier molecular flexibility index (Phi) is 2.84. The first kappa shape index (κ1) is 15.4. The summed E-state index contributed by atoms with van der Waals surface area (Å²) in [6.45, 7) is 2.34. The van der Waals surface area contributed by atoms with Crippen LogP contribution in [-0.2, 0) is 15.0 Å². The molecule has 1 aromatic carbocycles. The van der Waals surface area contributed by atoms with E-state index in [-0.39, 0.29) is 46.1 Å². The molecule has 0 N–H and O–H groups in total. The topological polar surface area (TPSA) is 43.4 Å². The maximum atomic E-state index is 13.0. The van der Waals surface area contributed by atoms with Crippen molar-refractivity contribution in [2.24, 2.45) is 22.7 Å². The minimum Gasteiger partial charge on any atom is -0.497 e. The summed E-state index contributed by atoms with van der Waals surface area (Å²) >= 11 is 0. The van der Waals surface area contributed by atoms with Gasteiger partial charge in [0.15, 0.2) is 0 Å². The van der Waals surface area contributed by atoms with Crippen LogP contribution in [0, 0.1) is 22.7 Å². The van der Waals surface area contributed by atoms with Crippen molar-refractivity contribution in [3.05, 3.63) is 42.0 Å². The van der Waals surface area contributed by atoms with Crippen molar-refractivity contribution in [2.75, 3.05) is 7.11 Å². The predicted molar refractivity (Wildman–Crippen MR) is 94.4 cm³/mol. The second kappa shape index (κ2) is 4.63. The Hall–Kier alpha value is -1.90. The number of benzene rings is 1. The first-order valence-electron chi connectivity index (χ1n) is 9.40. The lowest BCUT2D eigenvalue weighted by Crippen LogP contribution is -2.47. The normalized spacial score (nSPS) is 44.1. The molecule has 3 nitrogen and oxygen atoms in total. The number of hydrogen-bond acceptors (Lipinski definition) is 3. The van der Waals surface area contributed by atoms with Crippen LogP contribution < -0.4 is 4.74 Å². The Labute approximate surface area is 148 Å². The highest BCUT2D eigenvalue weighted by molar-refractivity contribution is 6.11. The number of methoxy groups -OCH3 is 1. The SMILES string of the molecule is COc1ccc([C@@]23C=C[C@@]4(CCCC[C@@]42C)[C@H]2C(=O)CC(=O)[C@H]23)cc1. The van der Waals surface area contributed by atoms with E-state index in [0.717, 1.165) is 25.0 Å². The summed E-state index contributed by atoms with van der Waals surface area (Å²) in [7, 11) is 1.67. The predicted octanol–water partition coefficient (Wildman–Crippen LogP) is 3.86. The van der Waals surface area contributed by atoms with Crippen LogP contribution in [0.3, 0.4) is 0 Å². The molecule has 130 valence electrons. The molecule has 4 aliphatic carbocycles. The zero-order valence-corrected chi connectivity index (χ0v) is 14.9. The van der Waals surface area contributed by atoms with Gasteiger partial charge in [0.2, 0.25) is 0 Å². The zero-order valence-electron chi connectivity index (χ0n) is 14.9. The molecule has 0 aromatic heterocycles. The van der Waals surface area contributed by atoms with Crippen molar-refractivity contribution in [3.63, 3.8) is 0 Å². The maximum Gasteiger partial charge on any atom is 0.145 e. The number of ether oxygens (including phenoxy) is 1. The molecule has 3 heteroatoms. The highest BCUT2D eigenvalue weighted by atomic mass is 16.5. The van der Waals surface area contributed by atoms with E-state index in [1.807, 2.05) is 12.1 Å². The number of ketones is 2. The summed E-state index contributed by atoms with van der Waals surface area (Å²) in [5, 5.41) is 0. The summed E-state index contributed by atoms with van der Waals surface area (Å²) in [5.41, 5.74) is 0.659. The number of rotatable bonds is 2. The lowest BCUT2D eigenvalue weighted by atomic mass is 9.52. The van der Waals surface area contributed by atoms with Gasteiger partial charge in [0, 0.05) is 22.7 Å². The average molecular weight is 336 g/mol. The highest BCUT2D eigenvalue weighted by Gasteiger charge is 2.79. The Balaban J connectivity index is 1.77. The van der Waals surface area contributed by atoms with Gasteiger partial charge >= 0.3 is 0 Å². The van der Waals surface area contributed by atoms with Crippen molar-refractivity contribution >= 4 is 11.6 Å². The fourth-order valence-corrected chi connectivity index (χ4v) is 7.10. The fourth-order valence-electron chi connectivity index (χ4n) is 7.10. The average Bonchev–Trinajstić information content (AvgIpc) is 3.15. The van der Waals surface area contributed by atoms with Gasteiger partial charge in [-0.3, -0.25) is 9.59 Å². The van der Waals surface area contributed by atoms with E-state index in [0.29, 0.717) is 0 Å². The third-order valence-corrected chi connectivity index (χ3v) is 8.09. The Morgan fingerprint density at radius 2 is 1.64 bits per heavy atom. The van der Waals surface area contributed by atoms with Crippen LogP contribution in [0.25, 0.3) is 0 Å². The number of carbonyl (C=O) groups excluding carboxylic acids is 2. The van der Waals surface area contributed by atoms with Crippen LogP contribution in [0.15, 0.2) is 36.4 Å². The van der Waals surface area contributed by atoms with Crippen molar-refractivity contribution in [1.82, 2.24) is 0 Å². The molecule has 2 bridgehead atoms. The molecule has 0 aliphatic heterocycles. The molecular weight excluding hydrogens is 312 g/mol.